The van der Waals surface area contributed by atoms with Gasteiger partial charge in [0.1, 0.15) is 12.3 Å². The molecule has 0 aliphatic rings. The van der Waals surface area contributed by atoms with E-state index in [0.717, 1.165) is 0 Å². The summed E-state index contributed by atoms with van der Waals surface area (Å²) in [5, 5.41) is 6.56. The summed E-state index contributed by atoms with van der Waals surface area (Å²) in [4.78, 5) is 25.2. The van der Waals surface area contributed by atoms with E-state index in [9.17, 15) is 9.59 Å². The predicted octanol–water partition coefficient (Wildman–Crippen LogP) is 3.10. The lowest BCUT2D eigenvalue weighted by molar-refractivity contribution is -0.120. The second-order valence-corrected chi connectivity index (χ2v) is 5.73. The van der Waals surface area contributed by atoms with E-state index >= 15 is 0 Å². The van der Waals surface area contributed by atoms with Gasteiger partial charge in [0, 0.05) is 18.7 Å². The van der Waals surface area contributed by atoms with Crippen molar-refractivity contribution in [1.29, 1.82) is 0 Å². The minimum atomic E-state index is -0.293. The summed E-state index contributed by atoms with van der Waals surface area (Å²) in [5.74, 6) is 0.779. The van der Waals surface area contributed by atoms with Crippen LogP contribution >= 0.6 is 0 Å². The molecule has 23 heavy (non-hydrogen) atoms. The summed E-state index contributed by atoms with van der Waals surface area (Å²) in [6.45, 7) is 7.21. The zero-order valence-corrected chi connectivity index (χ0v) is 13.8. The standard InChI is InChI=1S/C17H21N3O3/c1-11(2)14-5-7-15(8-6-14)18-17(22)10-20(13(4)21)16-9-12(3)23-19-16/h5-9,11H,10H2,1-4H3,(H,18,22). The van der Waals surface area contributed by atoms with Crippen molar-refractivity contribution in [2.45, 2.75) is 33.6 Å². The number of aryl methyl sites for hydroxylation is 1. The summed E-state index contributed by atoms with van der Waals surface area (Å²) < 4.78 is 4.96. The molecular weight excluding hydrogens is 294 g/mol. The van der Waals surface area contributed by atoms with E-state index in [1.54, 1.807) is 13.0 Å². The molecule has 6 nitrogen and oxygen atoms in total. The van der Waals surface area contributed by atoms with Crippen molar-refractivity contribution in [3.05, 3.63) is 41.7 Å². The normalized spacial score (nSPS) is 10.7. The van der Waals surface area contributed by atoms with Crippen molar-refractivity contribution >= 4 is 23.3 Å². The summed E-state index contributed by atoms with van der Waals surface area (Å²) >= 11 is 0. The van der Waals surface area contributed by atoms with E-state index < -0.39 is 0 Å². The van der Waals surface area contributed by atoms with Gasteiger partial charge in [0.25, 0.3) is 0 Å². The Morgan fingerprint density at radius 3 is 2.39 bits per heavy atom. The van der Waals surface area contributed by atoms with Crippen LogP contribution in [0.2, 0.25) is 0 Å². The number of amides is 2. The molecule has 0 spiro atoms. The van der Waals surface area contributed by atoms with Crippen molar-refractivity contribution in [1.82, 2.24) is 5.16 Å². The maximum Gasteiger partial charge on any atom is 0.244 e. The molecule has 0 fully saturated rings. The van der Waals surface area contributed by atoms with Gasteiger partial charge in [-0.15, -0.1) is 0 Å². The molecule has 0 bridgehead atoms. The van der Waals surface area contributed by atoms with Gasteiger partial charge in [0.15, 0.2) is 5.82 Å². The van der Waals surface area contributed by atoms with Gasteiger partial charge in [-0.05, 0) is 30.5 Å². The van der Waals surface area contributed by atoms with Crippen LogP contribution in [0.1, 0.15) is 38.0 Å². The number of carbonyl (C=O) groups excluding carboxylic acids is 2. The van der Waals surface area contributed by atoms with Crippen LogP contribution in [-0.2, 0) is 9.59 Å². The third-order valence-corrected chi connectivity index (χ3v) is 3.44. The number of rotatable bonds is 5. The highest BCUT2D eigenvalue weighted by atomic mass is 16.5. The smallest absolute Gasteiger partial charge is 0.244 e. The fourth-order valence-electron chi connectivity index (χ4n) is 2.13. The predicted molar refractivity (Wildman–Crippen MR) is 88.4 cm³/mol. The molecular formula is C17H21N3O3. The van der Waals surface area contributed by atoms with Crippen LogP contribution in [0.3, 0.4) is 0 Å². The van der Waals surface area contributed by atoms with Crippen LogP contribution < -0.4 is 10.2 Å². The average molecular weight is 315 g/mol. The lowest BCUT2D eigenvalue weighted by Crippen LogP contribution is -2.36. The maximum absolute atomic E-state index is 12.2. The zero-order valence-electron chi connectivity index (χ0n) is 13.8. The van der Waals surface area contributed by atoms with Crippen LogP contribution in [0, 0.1) is 6.92 Å². The molecule has 0 unspecified atom stereocenters. The van der Waals surface area contributed by atoms with Crippen molar-refractivity contribution in [3.8, 4) is 0 Å². The monoisotopic (exact) mass is 315 g/mol. The van der Waals surface area contributed by atoms with Gasteiger partial charge in [-0.1, -0.05) is 31.1 Å². The number of hydrogen-bond acceptors (Lipinski definition) is 4. The Morgan fingerprint density at radius 1 is 1.26 bits per heavy atom. The van der Waals surface area contributed by atoms with E-state index in [1.165, 1.54) is 17.4 Å². The van der Waals surface area contributed by atoms with Gasteiger partial charge < -0.3 is 9.84 Å². The molecule has 0 saturated carbocycles. The van der Waals surface area contributed by atoms with Gasteiger partial charge in [-0.2, -0.15) is 0 Å². The Morgan fingerprint density at radius 2 is 1.91 bits per heavy atom. The van der Waals surface area contributed by atoms with Crippen molar-refractivity contribution < 1.29 is 14.1 Å². The van der Waals surface area contributed by atoms with Crippen LogP contribution in [0.25, 0.3) is 0 Å². The molecule has 0 radical (unpaired) electrons. The summed E-state index contributed by atoms with van der Waals surface area (Å²) in [6, 6.07) is 9.28. The first-order valence-electron chi connectivity index (χ1n) is 7.48. The third-order valence-electron chi connectivity index (χ3n) is 3.44. The molecule has 1 aromatic carbocycles. The molecule has 2 rings (SSSR count). The SMILES string of the molecule is CC(=O)N(CC(=O)Nc1ccc(C(C)C)cc1)c1cc(C)on1. The summed E-state index contributed by atoms with van der Waals surface area (Å²) in [5.41, 5.74) is 1.89. The molecule has 0 aliphatic carbocycles. The fraction of sp³-hybridized carbons (Fsp3) is 0.353. The minimum Gasteiger partial charge on any atom is -0.360 e. The Balaban J connectivity index is 2.03. The highest BCUT2D eigenvalue weighted by molar-refractivity contribution is 6.01. The number of benzene rings is 1. The highest BCUT2D eigenvalue weighted by Crippen LogP contribution is 2.18. The van der Waals surface area contributed by atoms with Crippen LogP contribution in [0.15, 0.2) is 34.9 Å². The molecule has 0 aliphatic heterocycles. The van der Waals surface area contributed by atoms with Gasteiger partial charge >= 0.3 is 0 Å². The number of hydrogen-bond donors (Lipinski definition) is 1. The van der Waals surface area contributed by atoms with Crippen molar-refractivity contribution in [2.75, 3.05) is 16.8 Å². The number of nitrogens with one attached hydrogen (secondary N) is 1. The average Bonchev–Trinajstić information content (AvgIpc) is 2.91. The molecule has 122 valence electrons. The topological polar surface area (TPSA) is 75.4 Å². The molecule has 2 aromatic rings. The van der Waals surface area contributed by atoms with E-state index in [1.807, 2.05) is 24.3 Å². The first-order chi connectivity index (χ1) is 10.9. The molecule has 0 atom stereocenters. The van der Waals surface area contributed by atoms with E-state index in [-0.39, 0.29) is 18.4 Å². The zero-order chi connectivity index (χ0) is 17.0. The van der Waals surface area contributed by atoms with Gasteiger partial charge in [0.2, 0.25) is 11.8 Å². The Kier molecular flexibility index (Phi) is 5.16. The first kappa shape index (κ1) is 16.7. The minimum absolute atomic E-state index is 0.118. The molecule has 1 aromatic heterocycles. The van der Waals surface area contributed by atoms with Gasteiger partial charge in [-0.3, -0.25) is 14.5 Å². The highest BCUT2D eigenvalue weighted by Gasteiger charge is 2.19. The number of anilines is 2. The number of aromatic nitrogens is 1. The Hall–Kier alpha value is -2.63. The molecule has 1 N–H and O–H groups in total. The lowest BCUT2D eigenvalue weighted by Gasteiger charge is -2.17. The van der Waals surface area contributed by atoms with Crippen LogP contribution in [0.4, 0.5) is 11.5 Å². The van der Waals surface area contributed by atoms with E-state index in [2.05, 4.69) is 24.3 Å². The molecule has 1 heterocycles. The Labute approximate surface area is 135 Å². The molecule has 2 amide bonds. The number of carbonyl (C=O) groups is 2. The van der Waals surface area contributed by atoms with Crippen LogP contribution in [-0.4, -0.2) is 23.5 Å². The first-order valence-corrected chi connectivity index (χ1v) is 7.48. The fourth-order valence-corrected chi connectivity index (χ4v) is 2.13. The van der Waals surface area contributed by atoms with E-state index in [4.69, 9.17) is 4.52 Å². The summed E-state index contributed by atoms with van der Waals surface area (Å²) in [6.07, 6.45) is 0. The Bertz CT molecular complexity index is 689. The van der Waals surface area contributed by atoms with Gasteiger partial charge in [0.05, 0.1) is 0 Å². The lowest BCUT2D eigenvalue weighted by atomic mass is 10.0. The molecule has 6 heteroatoms. The molecule has 0 saturated heterocycles. The van der Waals surface area contributed by atoms with Crippen molar-refractivity contribution in [2.24, 2.45) is 0 Å². The van der Waals surface area contributed by atoms with Gasteiger partial charge in [-0.25, -0.2) is 0 Å². The second kappa shape index (κ2) is 7.09. The van der Waals surface area contributed by atoms with E-state index in [0.29, 0.717) is 23.2 Å². The number of nitrogens with zero attached hydrogens (tertiary/aromatic N) is 2. The maximum atomic E-state index is 12.2. The largest absolute Gasteiger partial charge is 0.360 e. The second-order valence-electron chi connectivity index (χ2n) is 5.73. The summed E-state index contributed by atoms with van der Waals surface area (Å²) in [7, 11) is 0. The van der Waals surface area contributed by atoms with Crippen molar-refractivity contribution in [3.63, 3.8) is 0 Å². The van der Waals surface area contributed by atoms with Crippen LogP contribution in [0.5, 0.6) is 0 Å². The quantitative estimate of drug-likeness (QED) is 0.920. The third kappa shape index (κ3) is 4.42.